The Kier molecular flexibility index (Phi) is 5.98. The van der Waals surface area contributed by atoms with E-state index in [1.165, 1.54) is 4.80 Å². The summed E-state index contributed by atoms with van der Waals surface area (Å²) >= 11 is 3.43. The standard InChI is InChI=1S/C17H18BrN4O3P/c1-2-25-26(23,24)12-14-8-6-13(7-9-14)11-22-20-17(19-21-22)15-4-3-5-16(18)10-15/h3-10H,2,11-12H2,1H3,(H,23,24). The van der Waals surface area contributed by atoms with Crippen molar-refractivity contribution >= 4 is 23.5 Å². The summed E-state index contributed by atoms with van der Waals surface area (Å²) in [5.74, 6) is 0.556. The summed E-state index contributed by atoms with van der Waals surface area (Å²) in [6.45, 7) is 2.37. The van der Waals surface area contributed by atoms with Gasteiger partial charge in [0, 0.05) is 10.0 Å². The maximum atomic E-state index is 11.8. The van der Waals surface area contributed by atoms with Crippen molar-refractivity contribution in [2.24, 2.45) is 0 Å². The molecule has 2 aromatic carbocycles. The molecule has 0 radical (unpaired) electrons. The van der Waals surface area contributed by atoms with Gasteiger partial charge < -0.3 is 9.42 Å². The first-order valence-corrected chi connectivity index (χ1v) is 10.6. The predicted molar refractivity (Wildman–Crippen MR) is 102 cm³/mol. The van der Waals surface area contributed by atoms with E-state index in [1.54, 1.807) is 6.92 Å². The molecule has 0 aliphatic carbocycles. The van der Waals surface area contributed by atoms with Gasteiger partial charge in [0.25, 0.3) is 0 Å². The van der Waals surface area contributed by atoms with E-state index in [1.807, 2.05) is 48.5 Å². The summed E-state index contributed by atoms with van der Waals surface area (Å²) < 4.78 is 17.7. The van der Waals surface area contributed by atoms with Crippen molar-refractivity contribution in [1.29, 1.82) is 0 Å². The lowest BCUT2D eigenvalue weighted by molar-refractivity contribution is 0.272. The fourth-order valence-corrected chi connectivity index (χ4v) is 4.01. The molecule has 0 aliphatic rings. The van der Waals surface area contributed by atoms with Crippen LogP contribution >= 0.6 is 23.5 Å². The van der Waals surface area contributed by atoms with E-state index in [2.05, 4.69) is 31.3 Å². The van der Waals surface area contributed by atoms with Gasteiger partial charge in [-0.3, -0.25) is 4.57 Å². The number of benzene rings is 2. The van der Waals surface area contributed by atoms with E-state index in [4.69, 9.17) is 4.52 Å². The molecule has 0 spiro atoms. The summed E-state index contributed by atoms with van der Waals surface area (Å²) in [5, 5.41) is 12.6. The number of rotatable bonds is 7. The van der Waals surface area contributed by atoms with E-state index in [0.717, 1.165) is 21.2 Å². The minimum absolute atomic E-state index is 0.00424. The second-order valence-electron chi connectivity index (χ2n) is 5.68. The van der Waals surface area contributed by atoms with Crippen LogP contribution in [-0.2, 0) is 21.8 Å². The number of hydrogen-bond acceptors (Lipinski definition) is 5. The van der Waals surface area contributed by atoms with Crippen molar-refractivity contribution in [3.63, 3.8) is 0 Å². The van der Waals surface area contributed by atoms with E-state index in [-0.39, 0.29) is 12.8 Å². The van der Waals surface area contributed by atoms with E-state index >= 15 is 0 Å². The Bertz CT molecular complexity index is 930. The van der Waals surface area contributed by atoms with Crippen LogP contribution in [0.3, 0.4) is 0 Å². The summed E-state index contributed by atoms with van der Waals surface area (Å²) in [5.41, 5.74) is 2.60. The summed E-state index contributed by atoms with van der Waals surface area (Å²) in [7, 11) is -3.57. The van der Waals surface area contributed by atoms with Crippen LogP contribution in [-0.4, -0.2) is 31.7 Å². The van der Waals surface area contributed by atoms with Gasteiger partial charge in [-0.25, -0.2) is 0 Å². The van der Waals surface area contributed by atoms with Crippen molar-refractivity contribution in [3.05, 3.63) is 64.1 Å². The first-order chi connectivity index (χ1) is 12.4. The van der Waals surface area contributed by atoms with E-state index in [9.17, 15) is 9.46 Å². The van der Waals surface area contributed by atoms with E-state index < -0.39 is 7.60 Å². The van der Waals surface area contributed by atoms with Crippen LogP contribution in [0, 0.1) is 0 Å². The highest BCUT2D eigenvalue weighted by atomic mass is 79.9. The zero-order chi connectivity index (χ0) is 18.6. The van der Waals surface area contributed by atoms with Gasteiger partial charge in [-0.15, -0.1) is 10.2 Å². The van der Waals surface area contributed by atoms with Crippen LogP contribution in [0.25, 0.3) is 11.4 Å². The Morgan fingerprint density at radius 3 is 2.62 bits per heavy atom. The molecule has 1 aromatic heterocycles. The predicted octanol–water partition coefficient (Wildman–Crippen LogP) is 3.87. The second-order valence-corrected chi connectivity index (χ2v) is 8.45. The molecule has 0 aliphatic heterocycles. The molecule has 0 saturated carbocycles. The first-order valence-electron chi connectivity index (χ1n) is 8.03. The smallest absolute Gasteiger partial charge is 0.324 e. The van der Waals surface area contributed by atoms with Crippen molar-refractivity contribution in [1.82, 2.24) is 20.2 Å². The third kappa shape index (κ3) is 5.08. The lowest BCUT2D eigenvalue weighted by atomic mass is 10.1. The normalized spacial score (nSPS) is 13.5. The zero-order valence-corrected chi connectivity index (χ0v) is 16.6. The van der Waals surface area contributed by atoms with Gasteiger partial charge in [-0.1, -0.05) is 52.3 Å². The fourth-order valence-electron chi connectivity index (χ4n) is 2.44. The Labute approximate surface area is 159 Å². The zero-order valence-electron chi connectivity index (χ0n) is 14.1. The highest BCUT2D eigenvalue weighted by Crippen LogP contribution is 2.45. The SMILES string of the molecule is CCOP(=O)(O)Cc1ccc(Cn2nnc(-c3cccc(Br)c3)n2)cc1. The van der Waals surface area contributed by atoms with Gasteiger partial charge in [0.2, 0.25) is 5.82 Å². The second kappa shape index (κ2) is 8.22. The van der Waals surface area contributed by atoms with Crippen LogP contribution in [0.1, 0.15) is 18.1 Å². The molecule has 136 valence electrons. The van der Waals surface area contributed by atoms with Gasteiger partial charge in [0.05, 0.1) is 19.3 Å². The quantitative estimate of drug-likeness (QED) is 0.565. The molecule has 3 aromatic rings. The summed E-state index contributed by atoms with van der Waals surface area (Å²) in [6.07, 6.45) is -0.00424. The molecule has 9 heteroatoms. The van der Waals surface area contributed by atoms with Crippen LogP contribution in [0.2, 0.25) is 0 Å². The van der Waals surface area contributed by atoms with Crippen molar-refractivity contribution in [2.75, 3.05) is 6.61 Å². The molecule has 1 heterocycles. The monoisotopic (exact) mass is 436 g/mol. The minimum atomic E-state index is -3.57. The first kappa shape index (κ1) is 18.9. The Hall–Kier alpha value is -1.86. The molecule has 0 fully saturated rings. The third-order valence-corrected chi connectivity index (χ3v) is 5.52. The van der Waals surface area contributed by atoms with Crippen LogP contribution in [0.15, 0.2) is 53.0 Å². The average Bonchev–Trinajstić information content (AvgIpc) is 3.05. The van der Waals surface area contributed by atoms with Crippen molar-refractivity contribution in [3.8, 4) is 11.4 Å². The van der Waals surface area contributed by atoms with Gasteiger partial charge in [-0.05, 0) is 35.4 Å². The maximum Gasteiger partial charge on any atom is 0.332 e. The highest BCUT2D eigenvalue weighted by molar-refractivity contribution is 9.10. The van der Waals surface area contributed by atoms with Gasteiger partial charge >= 0.3 is 7.60 Å². The Morgan fingerprint density at radius 1 is 1.19 bits per heavy atom. The topological polar surface area (TPSA) is 90.1 Å². The average molecular weight is 437 g/mol. The number of tetrazole rings is 1. The number of aromatic nitrogens is 4. The Balaban J connectivity index is 1.67. The largest absolute Gasteiger partial charge is 0.332 e. The van der Waals surface area contributed by atoms with Crippen molar-refractivity contribution < 1.29 is 14.0 Å². The van der Waals surface area contributed by atoms with Crippen LogP contribution in [0.5, 0.6) is 0 Å². The van der Waals surface area contributed by atoms with Crippen LogP contribution < -0.4 is 0 Å². The molecular formula is C17H18BrN4O3P. The minimum Gasteiger partial charge on any atom is -0.324 e. The molecular weight excluding hydrogens is 419 g/mol. The lowest BCUT2D eigenvalue weighted by Crippen LogP contribution is -2.04. The van der Waals surface area contributed by atoms with Crippen LogP contribution in [0.4, 0.5) is 0 Å². The maximum absolute atomic E-state index is 11.8. The molecule has 0 bridgehead atoms. The fraction of sp³-hybridized carbons (Fsp3) is 0.235. The molecule has 1 unspecified atom stereocenters. The summed E-state index contributed by atoms with van der Waals surface area (Å²) in [6, 6.07) is 15.1. The van der Waals surface area contributed by atoms with Gasteiger partial charge in [0.1, 0.15) is 0 Å². The molecule has 1 N–H and O–H groups in total. The molecule has 0 saturated heterocycles. The Morgan fingerprint density at radius 2 is 1.92 bits per heavy atom. The summed E-state index contributed by atoms with van der Waals surface area (Å²) in [4.78, 5) is 11.2. The van der Waals surface area contributed by atoms with Gasteiger partial charge in [0.15, 0.2) is 0 Å². The molecule has 3 rings (SSSR count). The lowest BCUT2D eigenvalue weighted by Gasteiger charge is -2.10. The molecule has 26 heavy (non-hydrogen) atoms. The third-order valence-electron chi connectivity index (χ3n) is 3.60. The number of hydrogen-bond donors (Lipinski definition) is 1. The molecule has 0 amide bonds. The number of nitrogens with zero attached hydrogens (tertiary/aromatic N) is 4. The van der Waals surface area contributed by atoms with Gasteiger partial charge in [-0.2, -0.15) is 4.80 Å². The molecule has 7 nitrogen and oxygen atoms in total. The van der Waals surface area contributed by atoms with Crippen molar-refractivity contribution in [2.45, 2.75) is 19.6 Å². The highest BCUT2D eigenvalue weighted by Gasteiger charge is 2.18. The molecule has 1 atom stereocenters. The number of halogens is 1. The van der Waals surface area contributed by atoms with E-state index in [0.29, 0.717) is 12.4 Å².